The maximum atomic E-state index is 13.1. The predicted octanol–water partition coefficient (Wildman–Crippen LogP) is 3.77. The summed E-state index contributed by atoms with van der Waals surface area (Å²) in [6, 6.07) is 8.51. The Morgan fingerprint density at radius 2 is 2.16 bits per heavy atom. The van der Waals surface area contributed by atoms with Crippen LogP contribution in [0.1, 0.15) is 31.3 Å². The summed E-state index contributed by atoms with van der Waals surface area (Å²) in [7, 11) is 1.49. The lowest BCUT2D eigenvalue weighted by Gasteiger charge is -2.25. The van der Waals surface area contributed by atoms with Gasteiger partial charge in [-0.2, -0.15) is 11.3 Å². The van der Waals surface area contributed by atoms with E-state index in [4.69, 9.17) is 9.15 Å². The van der Waals surface area contributed by atoms with Crippen molar-refractivity contribution in [2.24, 2.45) is 0 Å². The van der Waals surface area contributed by atoms with Gasteiger partial charge in [-0.05, 0) is 23.6 Å². The van der Waals surface area contributed by atoms with Crippen molar-refractivity contribution in [3.05, 3.63) is 73.2 Å². The Morgan fingerprint density at radius 1 is 1.28 bits per heavy atom. The van der Waals surface area contributed by atoms with Crippen LogP contribution < -0.4 is 15.7 Å². The Morgan fingerprint density at radius 3 is 2.94 bits per heavy atom. The molecule has 0 saturated heterocycles. The molecule has 1 aromatic carbocycles. The first kappa shape index (κ1) is 20.4. The molecule has 0 saturated carbocycles. The molecule has 8 nitrogen and oxygen atoms in total. The average Bonchev–Trinajstić information content (AvgIpc) is 3.47. The summed E-state index contributed by atoms with van der Waals surface area (Å²) in [5.41, 5.74) is 1.02. The molecule has 10 heteroatoms. The normalized spacial score (nSPS) is 13.1. The van der Waals surface area contributed by atoms with Gasteiger partial charge in [0.2, 0.25) is 0 Å². The average molecular weight is 468 g/mol. The molecule has 162 valence electrons. The molecule has 0 spiro atoms. The quantitative estimate of drug-likeness (QED) is 0.459. The fourth-order valence-corrected chi connectivity index (χ4v) is 5.24. The molecule has 4 heterocycles. The van der Waals surface area contributed by atoms with E-state index in [1.165, 1.54) is 29.8 Å². The number of nitrogens with zero attached hydrogens (tertiary/aromatic N) is 2. The summed E-state index contributed by atoms with van der Waals surface area (Å²) in [5.74, 6) is -0.177. The van der Waals surface area contributed by atoms with Crippen molar-refractivity contribution in [2.75, 3.05) is 19.0 Å². The van der Waals surface area contributed by atoms with Crippen LogP contribution in [0, 0.1) is 0 Å². The molecule has 1 N–H and O–H groups in total. The molecule has 3 aromatic heterocycles. The van der Waals surface area contributed by atoms with Crippen molar-refractivity contribution < 1.29 is 18.7 Å². The van der Waals surface area contributed by atoms with Gasteiger partial charge in [-0.1, -0.05) is 23.5 Å². The second-order valence-corrected chi connectivity index (χ2v) is 9.02. The van der Waals surface area contributed by atoms with Crippen LogP contribution in [0.2, 0.25) is 0 Å². The zero-order valence-corrected chi connectivity index (χ0v) is 18.5. The molecule has 0 fully saturated rings. The largest absolute Gasteiger partial charge is 0.493 e. The summed E-state index contributed by atoms with van der Waals surface area (Å²) in [6.07, 6.45) is 0.540. The Hall–Kier alpha value is -3.50. The summed E-state index contributed by atoms with van der Waals surface area (Å²) in [6.45, 7) is 0.735. The van der Waals surface area contributed by atoms with Gasteiger partial charge in [0.05, 0.1) is 24.9 Å². The Labute approximate surface area is 190 Å². The lowest BCUT2D eigenvalue weighted by atomic mass is 10.1. The molecular formula is C22H17N3O5S2. The molecular weight excluding hydrogens is 450 g/mol. The molecule has 0 unspecified atom stereocenters. The number of nitrogens with one attached hydrogen (secondary N) is 1. The summed E-state index contributed by atoms with van der Waals surface area (Å²) < 4.78 is 10.6. The second-order valence-electron chi connectivity index (χ2n) is 7.16. The fraction of sp³-hybridized carbons (Fsp3) is 0.182. The highest BCUT2D eigenvalue weighted by molar-refractivity contribution is 7.16. The molecule has 32 heavy (non-hydrogen) atoms. The molecule has 1 aliphatic heterocycles. The van der Waals surface area contributed by atoms with Crippen LogP contribution in [0.25, 0.3) is 11.0 Å². The summed E-state index contributed by atoms with van der Waals surface area (Å²) >= 11 is 2.79. The first-order valence-electron chi connectivity index (χ1n) is 9.76. The van der Waals surface area contributed by atoms with Crippen molar-refractivity contribution in [3.8, 4) is 5.75 Å². The number of anilines is 1. The monoisotopic (exact) mass is 467 g/mol. The highest BCUT2D eigenvalue weighted by Crippen LogP contribution is 2.30. The van der Waals surface area contributed by atoms with Crippen LogP contribution in [-0.2, 0) is 13.0 Å². The van der Waals surface area contributed by atoms with Crippen molar-refractivity contribution in [2.45, 2.75) is 13.0 Å². The minimum absolute atomic E-state index is 0.0234. The van der Waals surface area contributed by atoms with E-state index in [1.807, 2.05) is 5.38 Å². The second kappa shape index (κ2) is 8.21. The predicted molar refractivity (Wildman–Crippen MR) is 122 cm³/mol. The number of amides is 2. The van der Waals surface area contributed by atoms with Gasteiger partial charge >= 0.3 is 5.63 Å². The SMILES string of the molecule is COc1cccc2cc(C(=O)N3CCc4nc(NC(=O)c5ccsc5)sc4C3)c(=O)oc12. The first-order chi connectivity index (χ1) is 15.5. The molecule has 0 bridgehead atoms. The van der Waals surface area contributed by atoms with E-state index in [2.05, 4.69) is 10.3 Å². The molecule has 0 aliphatic carbocycles. The standard InChI is InChI=1S/C22H17N3O5S2/c1-29-16-4-2-3-12-9-14(21(28)30-18(12)16)20(27)25-7-5-15-17(10-25)32-22(23-15)24-19(26)13-6-8-31-11-13/h2-4,6,8-9,11H,5,7,10H2,1H3,(H,23,24,26). The number of hydrogen-bond acceptors (Lipinski definition) is 8. The number of thiazole rings is 1. The molecule has 1 aliphatic rings. The maximum absolute atomic E-state index is 13.1. The summed E-state index contributed by atoms with van der Waals surface area (Å²) in [4.78, 5) is 44.9. The van der Waals surface area contributed by atoms with Gasteiger partial charge in [0.15, 0.2) is 16.5 Å². The number of methoxy groups -OCH3 is 1. The van der Waals surface area contributed by atoms with E-state index >= 15 is 0 Å². The van der Waals surface area contributed by atoms with Crippen LogP contribution in [0.15, 0.2) is 50.3 Å². The third kappa shape index (κ3) is 3.67. The van der Waals surface area contributed by atoms with Gasteiger partial charge in [-0.15, -0.1) is 0 Å². The van der Waals surface area contributed by atoms with Gasteiger partial charge in [-0.25, -0.2) is 9.78 Å². The number of ether oxygens (including phenoxy) is 1. The molecule has 0 atom stereocenters. The van der Waals surface area contributed by atoms with Gasteiger partial charge in [0.1, 0.15) is 5.56 Å². The van der Waals surface area contributed by atoms with E-state index in [9.17, 15) is 14.4 Å². The van der Waals surface area contributed by atoms with E-state index in [1.54, 1.807) is 40.6 Å². The Balaban J connectivity index is 1.37. The topological polar surface area (TPSA) is 102 Å². The van der Waals surface area contributed by atoms with Crippen LogP contribution in [0.5, 0.6) is 5.75 Å². The maximum Gasteiger partial charge on any atom is 0.349 e. The van der Waals surface area contributed by atoms with E-state index < -0.39 is 11.5 Å². The third-order valence-electron chi connectivity index (χ3n) is 5.20. The van der Waals surface area contributed by atoms with Crippen molar-refractivity contribution in [1.29, 1.82) is 0 Å². The summed E-state index contributed by atoms with van der Waals surface area (Å²) in [5, 5.41) is 7.53. The van der Waals surface area contributed by atoms with Crippen molar-refractivity contribution >= 4 is 50.6 Å². The van der Waals surface area contributed by atoms with E-state index in [-0.39, 0.29) is 11.5 Å². The number of carbonyl (C=O) groups is 2. The fourth-order valence-electron chi connectivity index (χ4n) is 3.58. The number of aromatic nitrogens is 1. The van der Waals surface area contributed by atoms with Crippen LogP contribution in [0.4, 0.5) is 5.13 Å². The van der Waals surface area contributed by atoms with Gasteiger partial charge in [0.25, 0.3) is 11.8 Å². The van der Waals surface area contributed by atoms with Crippen molar-refractivity contribution in [3.63, 3.8) is 0 Å². The number of rotatable bonds is 4. The Bertz CT molecular complexity index is 1390. The number of carbonyl (C=O) groups excluding carboxylic acids is 2. The van der Waals surface area contributed by atoms with E-state index in [0.717, 1.165) is 10.6 Å². The Kier molecular flexibility index (Phi) is 5.24. The lowest BCUT2D eigenvalue weighted by Crippen LogP contribution is -2.37. The van der Waals surface area contributed by atoms with E-state index in [0.29, 0.717) is 46.9 Å². The number of para-hydroxylation sites is 1. The zero-order chi connectivity index (χ0) is 22.2. The van der Waals surface area contributed by atoms with Crippen LogP contribution in [0.3, 0.4) is 0 Å². The first-order valence-corrected chi connectivity index (χ1v) is 11.5. The minimum atomic E-state index is -0.703. The smallest absolute Gasteiger partial charge is 0.349 e. The van der Waals surface area contributed by atoms with Gasteiger partial charge in [-0.3, -0.25) is 14.9 Å². The number of hydrogen-bond donors (Lipinski definition) is 1. The number of fused-ring (bicyclic) bond motifs is 2. The van der Waals surface area contributed by atoms with Gasteiger partial charge in [0, 0.05) is 28.6 Å². The lowest BCUT2D eigenvalue weighted by molar-refractivity contribution is 0.0732. The zero-order valence-electron chi connectivity index (χ0n) is 16.9. The van der Waals surface area contributed by atoms with Gasteiger partial charge < -0.3 is 14.1 Å². The van der Waals surface area contributed by atoms with Crippen LogP contribution in [-0.4, -0.2) is 35.4 Å². The molecule has 4 aromatic rings. The van der Waals surface area contributed by atoms with Crippen molar-refractivity contribution in [1.82, 2.24) is 9.88 Å². The highest BCUT2D eigenvalue weighted by Gasteiger charge is 2.27. The highest BCUT2D eigenvalue weighted by atomic mass is 32.1. The minimum Gasteiger partial charge on any atom is -0.493 e. The molecule has 5 rings (SSSR count). The molecule has 0 radical (unpaired) electrons. The number of thiophene rings is 1. The molecule has 2 amide bonds. The van der Waals surface area contributed by atoms with Crippen LogP contribution >= 0.6 is 22.7 Å². The number of benzene rings is 1. The third-order valence-corrected chi connectivity index (χ3v) is 6.88.